The summed E-state index contributed by atoms with van der Waals surface area (Å²) in [6, 6.07) is 5.91. The van der Waals surface area contributed by atoms with Crippen molar-refractivity contribution in [3.63, 3.8) is 0 Å². The van der Waals surface area contributed by atoms with Gasteiger partial charge in [0.1, 0.15) is 5.82 Å². The molecule has 0 N–H and O–H groups in total. The number of halogens is 1. The van der Waals surface area contributed by atoms with Crippen LogP contribution in [0.1, 0.15) is 59.4 Å². The van der Waals surface area contributed by atoms with Crippen molar-refractivity contribution in [1.29, 1.82) is 0 Å². The van der Waals surface area contributed by atoms with Crippen LogP contribution in [0.4, 0.5) is 4.39 Å². The van der Waals surface area contributed by atoms with Crippen molar-refractivity contribution in [3.05, 3.63) is 51.7 Å². The van der Waals surface area contributed by atoms with E-state index < -0.39 is 0 Å². The molecule has 6 heteroatoms. The highest BCUT2D eigenvalue weighted by Gasteiger charge is 2.28. The van der Waals surface area contributed by atoms with Crippen molar-refractivity contribution in [2.24, 2.45) is 0 Å². The number of piperidine rings is 1. The van der Waals surface area contributed by atoms with Crippen LogP contribution in [0.25, 0.3) is 10.3 Å². The molecule has 4 heterocycles. The van der Waals surface area contributed by atoms with E-state index in [0.717, 1.165) is 47.0 Å². The Labute approximate surface area is 163 Å². The molecule has 4 nitrogen and oxygen atoms in total. The smallest absolute Gasteiger partial charge is 0.171 e. The minimum absolute atomic E-state index is 0.0664. The summed E-state index contributed by atoms with van der Waals surface area (Å²) in [6.45, 7) is 9.96. The molecular weight excluding hydrogens is 359 g/mol. The third-order valence-corrected chi connectivity index (χ3v) is 6.35. The van der Waals surface area contributed by atoms with Crippen LogP contribution in [-0.4, -0.2) is 32.9 Å². The Hall–Kier alpha value is -1.92. The van der Waals surface area contributed by atoms with E-state index in [4.69, 9.17) is 0 Å². The van der Waals surface area contributed by atoms with Gasteiger partial charge in [0.05, 0.1) is 21.4 Å². The van der Waals surface area contributed by atoms with Gasteiger partial charge in [-0.1, -0.05) is 0 Å². The maximum Gasteiger partial charge on any atom is 0.171 e. The van der Waals surface area contributed by atoms with Gasteiger partial charge in [0.25, 0.3) is 0 Å². The maximum atomic E-state index is 14.7. The van der Waals surface area contributed by atoms with Gasteiger partial charge < -0.3 is 0 Å². The van der Waals surface area contributed by atoms with Crippen molar-refractivity contribution in [1.82, 2.24) is 19.9 Å². The molecule has 142 valence electrons. The number of pyridine rings is 2. The number of aryl methyl sites for hydroxylation is 3. The second-order valence-electron chi connectivity index (χ2n) is 7.60. The lowest BCUT2D eigenvalue weighted by Gasteiger charge is -2.37. The van der Waals surface area contributed by atoms with Crippen LogP contribution in [0.15, 0.2) is 18.2 Å². The van der Waals surface area contributed by atoms with Gasteiger partial charge in [0, 0.05) is 17.9 Å². The van der Waals surface area contributed by atoms with Gasteiger partial charge in [-0.15, -0.1) is 11.3 Å². The monoisotopic (exact) mass is 384 g/mol. The number of hydrogen-bond acceptors (Lipinski definition) is 5. The summed E-state index contributed by atoms with van der Waals surface area (Å²) in [7, 11) is 0. The number of aromatic nitrogens is 3. The Morgan fingerprint density at radius 2 is 1.85 bits per heavy atom. The second-order valence-corrected chi connectivity index (χ2v) is 8.84. The summed E-state index contributed by atoms with van der Waals surface area (Å²) in [5.74, 6) is 0.228. The molecule has 3 aromatic heterocycles. The van der Waals surface area contributed by atoms with Crippen LogP contribution in [0, 0.1) is 26.6 Å². The number of thiazole rings is 1. The van der Waals surface area contributed by atoms with Crippen LogP contribution in [0.3, 0.4) is 0 Å². The molecule has 1 saturated heterocycles. The standard InChI is InChI=1S/C21H25FN4S/c1-12-8-17(9-13(2)23-12)16-6-5-7-26(11-16)14(3)20-18(22)10-19-21(25-20)24-15(4)27-19/h8-10,14,16H,5-7,11H2,1-4H3. The largest absolute Gasteiger partial charge is 0.294 e. The van der Waals surface area contributed by atoms with Crippen LogP contribution >= 0.6 is 11.3 Å². The first-order valence-corrected chi connectivity index (χ1v) is 10.3. The first-order valence-electron chi connectivity index (χ1n) is 9.53. The highest BCUT2D eigenvalue weighted by Crippen LogP contribution is 2.33. The van der Waals surface area contributed by atoms with E-state index in [2.05, 4.69) is 38.9 Å². The van der Waals surface area contributed by atoms with Gasteiger partial charge in [-0.2, -0.15) is 0 Å². The van der Waals surface area contributed by atoms with Gasteiger partial charge in [0.2, 0.25) is 0 Å². The zero-order chi connectivity index (χ0) is 19.1. The minimum Gasteiger partial charge on any atom is -0.294 e. The Balaban J connectivity index is 1.60. The van der Waals surface area contributed by atoms with Gasteiger partial charge in [0.15, 0.2) is 5.65 Å². The minimum atomic E-state index is -0.226. The Morgan fingerprint density at radius 3 is 2.59 bits per heavy atom. The highest BCUT2D eigenvalue weighted by atomic mass is 32.1. The van der Waals surface area contributed by atoms with Crippen LogP contribution in [0.2, 0.25) is 0 Å². The van der Waals surface area contributed by atoms with Gasteiger partial charge >= 0.3 is 0 Å². The van der Waals surface area contributed by atoms with Crippen molar-refractivity contribution in [3.8, 4) is 0 Å². The number of likely N-dealkylation sites (tertiary alicyclic amines) is 1. The molecule has 0 aromatic carbocycles. The fourth-order valence-electron chi connectivity index (χ4n) is 4.16. The summed E-state index contributed by atoms with van der Waals surface area (Å²) >= 11 is 1.49. The van der Waals surface area contributed by atoms with Crippen LogP contribution < -0.4 is 0 Å². The first kappa shape index (κ1) is 18.4. The summed E-state index contributed by atoms with van der Waals surface area (Å²) < 4.78 is 15.6. The lowest BCUT2D eigenvalue weighted by molar-refractivity contribution is 0.153. The van der Waals surface area contributed by atoms with E-state index in [1.54, 1.807) is 6.07 Å². The summed E-state index contributed by atoms with van der Waals surface area (Å²) in [5, 5.41) is 0.920. The third kappa shape index (κ3) is 3.73. The molecule has 0 amide bonds. The molecule has 4 rings (SSSR count). The van der Waals surface area contributed by atoms with Crippen molar-refractivity contribution >= 4 is 21.7 Å². The molecular formula is C21H25FN4S. The normalized spacial score (nSPS) is 19.5. The Bertz CT molecular complexity index is 963. The molecule has 1 aliphatic rings. The zero-order valence-electron chi connectivity index (χ0n) is 16.3. The fourth-order valence-corrected chi connectivity index (χ4v) is 4.96. The van der Waals surface area contributed by atoms with E-state index in [1.165, 1.54) is 16.9 Å². The van der Waals surface area contributed by atoms with Gasteiger partial charge in [-0.05, 0) is 76.8 Å². The number of rotatable bonds is 3. The summed E-state index contributed by atoms with van der Waals surface area (Å²) in [5.41, 5.74) is 4.64. The fraction of sp³-hybridized carbons (Fsp3) is 0.476. The lowest BCUT2D eigenvalue weighted by atomic mass is 9.89. The number of nitrogens with zero attached hydrogens (tertiary/aromatic N) is 4. The van der Waals surface area contributed by atoms with E-state index >= 15 is 0 Å². The molecule has 0 saturated carbocycles. The quantitative estimate of drug-likeness (QED) is 0.631. The molecule has 27 heavy (non-hydrogen) atoms. The van der Waals surface area contributed by atoms with E-state index in [0.29, 0.717) is 17.3 Å². The van der Waals surface area contributed by atoms with Crippen molar-refractivity contribution in [2.45, 2.75) is 52.5 Å². The van der Waals surface area contributed by atoms with Gasteiger partial charge in [-0.25, -0.2) is 14.4 Å². The molecule has 0 radical (unpaired) electrons. The van der Waals surface area contributed by atoms with Crippen molar-refractivity contribution < 1.29 is 4.39 Å². The molecule has 0 bridgehead atoms. The predicted molar refractivity (Wildman–Crippen MR) is 108 cm³/mol. The van der Waals surface area contributed by atoms with E-state index in [1.807, 2.05) is 20.8 Å². The third-order valence-electron chi connectivity index (χ3n) is 5.44. The number of fused-ring (bicyclic) bond motifs is 1. The van der Waals surface area contributed by atoms with Crippen LogP contribution in [-0.2, 0) is 0 Å². The molecule has 0 aliphatic carbocycles. The zero-order valence-corrected chi connectivity index (χ0v) is 17.1. The maximum absolute atomic E-state index is 14.7. The topological polar surface area (TPSA) is 41.9 Å². The molecule has 2 atom stereocenters. The molecule has 2 unspecified atom stereocenters. The van der Waals surface area contributed by atoms with Gasteiger partial charge in [-0.3, -0.25) is 9.88 Å². The van der Waals surface area contributed by atoms with Crippen molar-refractivity contribution in [2.75, 3.05) is 13.1 Å². The van der Waals surface area contributed by atoms with E-state index in [9.17, 15) is 4.39 Å². The molecule has 1 aliphatic heterocycles. The molecule has 0 spiro atoms. The Morgan fingerprint density at radius 1 is 1.11 bits per heavy atom. The van der Waals surface area contributed by atoms with E-state index in [-0.39, 0.29) is 11.9 Å². The first-order chi connectivity index (χ1) is 12.9. The summed E-state index contributed by atoms with van der Waals surface area (Å²) in [4.78, 5) is 15.9. The average molecular weight is 385 g/mol. The predicted octanol–water partition coefficient (Wildman–Crippen LogP) is 5.09. The number of hydrogen-bond donors (Lipinski definition) is 0. The SMILES string of the molecule is Cc1cc(C2CCCN(C(C)c3nc4nc(C)sc4cc3F)C2)cc(C)n1. The summed E-state index contributed by atoms with van der Waals surface area (Å²) in [6.07, 6.45) is 2.27. The van der Waals surface area contributed by atoms with Crippen LogP contribution in [0.5, 0.6) is 0 Å². The molecule has 3 aromatic rings. The lowest BCUT2D eigenvalue weighted by Crippen LogP contribution is -2.37. The molecule has 1 fully saturated rings. The highest BCUT2D eigenvalue weighted by molar-refractivity contribution is 7.18. The Kier molecular flexibility index (Phi) is 4.95. The average Bonchev–Trinajstić information content (AvgIpc) is 2.98. The second kappa shape index (κ2) is 7.24.